The number of aliphatic hydroxyl groups is 1. The minimum atomic E-state index is -5.16. The Bertz CT molecular complexity index is 1210. The fourth-order valence-electron chi connectivity index (χ4n) is 6.08. The maximum absolute atomic E-state index is 14.0. The highest BCUT2D eigenvalue weighted by molar-refractivity contribution is 6.34. The summed E-state index contributed by atoms with van der Waals surface area (Å²) in [6.07, 6.45) is -2.37. The Morgan fingerprint density at radius 3 is 1.93 bits per heavy atom. The van der Waals surface area contributed by atoms with E-state index in [1.807, 2.05) is 0 Å². The van der Waals surface area contributed by atoms with Crippen molar-refractivity contribution in [3.63, 3.8) is 0 Å². The predicted octanol–water partition coefficient (Wildman–Crippen LogP) is 5.63. The minimum Gasteiger partial charge on any atom is -0.371 e. The first-order chi connectivity index (χ1) is 20.0. The maximum Gasteiger partial charge on any atom is 0.430 e. The van der Waals surface area contributed by atoms with Crippen LogP contribution in [0.1, 0.15) is 41.6 Å². The molecule has 1 atom stereocenters. The molecule has 230 valence electrons. The monoisotopic (exact) mass is 615 g/mol. The first-order valence-corrected chi connectivity index (χ1v) is 14.5. The lowest BCUT2D eigenvalue weighted by molar-refractivity contribution is -0.262. The van der Waals surface area contributed by atoms with Gasteiger partial charge in [-0.25, -0.2) is 8.78 Å². The topological polar surface area (TPSA) is 64.1 Å². The molecular weight excluding hydrogens is 581 g/mol. The molecule has 2 fully saturated rings. The third-order valence-corrected chi connectivity index (χ3v) is 8.80. The molecule has 0 unspecified atom stereocenters. The van der Waals surface area contributed by atoms with Crippen molar-refractivity contribution >= 4 is 29.1 Å². The molecule has 2 heterocycles. The van der Waals surface area contributed by atoms with E-state index in [1.54, 1.807) is 18.2 Å². The summed E-state index contributed by atoms with van der Waals surface area (Å²) in [5, 5.41) is 10.9. The molecule has 6 nitrogen and oxygen atoms in total. The van der Waals surface area contributed by atoms with Crippen LogP contribution in [0.15, 0.2) is 48.5 Å². The number of hydrogen-bond donors (Lipinski definition) is 1. The van der Waals surface area contributed by atoms with E-state index in [-0.39, 0.29) is 42.7 Å². The Labute approximate surface area is 247 Å². The van der Waals surface area contributed by atoms with Crippen LogP contribution in [0.4, 0.5) is 27.6 Å². The molecule has 2 aliphatic rings. The van der Waals surface area contributed by atoms with Gasteiger partial charge >= 0.3 is 6.18 Å². The molecule has 4 rings (SSSR count). The Hall–Kier alpha value is -2.92. The number of carbonyl (C=O) groups excluding carboxylic acids is 2. The summed E-state index contributed by atoms with van der Waals surface area (Å²) < 4.78 is 67.5. The van der Waals surface area contributed by atoms with E-state index in [2.05, 4.69) is 4.90 Å². The van der Waals surface area contributed by atoms with Crippen molar-refractivity contribution in [1.82, 2.24) is 9.80 Å². The number of amides is 2. The fraction of sp³-hybridized carbons (Fsp3) is 0.533. The molecule has 0 saturated carbocycles. The van der Waals surface area contributed by atoms with E-state index in [4.69, 9.17) is 11.6 Å². The lowest BCUT2D eigenvalue weighted by Crippen LogP contribution is -2.57. The first-order valence-electron chi connectivity index (χ1n) is 14.1. The van der Waals surface area contributed by atoms with Gasteiger partial charge in [-0.3, -0.25) is 9.59 Å². The van der Waals surface area contributed by atoms with Gasteiger partial charge in [0.15, 0.2) is 0 Å². The molecule has 0 aliphatic carbocycles. The van der Waals surface area contributed by atoms with E-state index in [1.165, 1.54) is 18.2 Å². The largest absolute Gasteiger partial charge is 0.430 e. The SMILES string of the molecule is O=C(c1ccc(N2CCC(C3CCN(C(=O)[C@](O)(c4ccccc4)C(F)(F)F)CC3)CC2)cc1Cl)N(CCF)CCF. The molecule has 2 aromatic carbocycles. The number of likely N-dealkylation sites (tertiary alicyclic amines) is 1. The summed E-state index contributed by atoms with van der Waals surface area (Å²) in [5.74, 6) is -1.29. The van der Waals surface area contributed by atoms with Crippen molar-refractivity contribution < 1.29 is 36.6 Å². The molecule has 0 radical (unpaired) electrons. The number of carbonyl (C=O) groups is 2. The van der Waals surface area contributed by atoms with E-state index in [9.17, 15) is 36.6 Å². The summed E-state index contributed by atoms with van der Waals surface area (Å²) in [6, 6.07) is 11.5. The Morgan fingerprint density at radius 2 is 1.43 bits per heavy atom. The number of anilines is 1. The number of nitrogens with zero attached hydrogens (tertiary/aromatic N) is 3. The zero-order valence-corrected chi connectivity index (χ0v) is 23.9. The number of halogens is 6. The van der Waals surface area contributed by atoms with Gasteiger partial charge in [0.1, 0.15) is 13.3 Å². The highest BCUT2D eigenvalue weighted by atomic mass is 35.5. The molecule has 42 heavy (non-hydrogen) atoms. The van der Waals surface area contributed by atoms with Crippen molar-refractivity contribution in [3.8, 4) is 0 Å². The van der Waals surface area contributed by atoms with E-state index >= 15 is 0 Å². The maximum atomic E-state index is 14.0. The van der Waals surface area contributed by atoms with Gasteiger partial charge in [-0.2, -0.15) is 13.2 Å². The summed E-state index contributed by atoms with van der Waals surface area (Å²) in [4.78, 5) is 30.1. The average molecular weight is 616 g/mol. The summed E-state index contributed by atoms with van der Waals surface area (Å²) in [7, 11) is 0. The Balaban J connectivity index is 1.33. The second-order valence-electron chi connectivity index (χ2n) is 10.9. The van der Waals surface area contributed by atoms with Crippen LogP contribution in [0.25, 0.3) is 0 Å². The van der Waals surface area contributed by atoms with Crippen molar-refractivity contribution in [2.24, 2.45) is 11.8 Å². The number of benzene rings is 2. The molecule has 0 spiro atoms. The van der Waals surface area contributed by atoms with E-state index in [0.717, 1.165) is 40.5 Å². The number of alkyl halides is 5. The van der Waals surface area contributed by atoms with Crippen LogP contribution in [0, 0.1) is 11.8 Å². The molecule has 2 aliphatic heterocycles. The van der Waals surface area contributed by atoms with Gasteiger partial charge in [0.05, 0.1) is 10.6 Å². The van der Waals surface area contributed by atoms with Gasteiger partial charge in [-0.05, 0) is 55.7 Å². The second kappa shape index (κ2) is 13.6. The van der Waals surface area contributed by atoms with Crippen molar-refractivity contribution in [1.29, 1.82) is 0 Å². The first kappa shape index (κ1) is 32.0. The van der Waals surface area contributed by atoms with Crippen molar-refractivity contribution in [2.45, 2.75) is 37.5 Å². The van der Waals surface area contributed by atoms with Crippen LogP contribution >= 0.6 is 11.6 Å². The zero-order chi connectivity index (χ0) is 30.5. The smallest absolute Gasteiger partial charge is 0.371 e. The van der Waals surface area contributed by atoms with Crippen LogP contribution in [0.5, 0.6) is 0 Å². The Kier molecular flexibility index (Phi) is 10.4. The summed E-state index contributed by atoms with van der Waals surface area (Å²) >= 11 is 6.39. The van der Waals surface area contributed by atoms with Crippen molar-refractivity contribution in [3.05, 3.63) is 64.7 Å². The van der Waals surface area contributed by atoms with Gasteiger partial charge in [0, 0.05) is 50.5 Å². The van der Waals surface area contributed by atoms with Gasteiger partial charge in [-0.15, -0.1) is 0 Å². The second-order valence-corrected chi connectivity index (χ2v) is 11.3. The zero-order valence-electron chi connectivity index (χ0n) is 23.1. The van der Waals surface area contributed by atoms with Crippen LogP contribution in [-0.2, 0) is 10.4 Å². The van der Waals surface area contributed by atoms with Gasteiger partial charge in [0.2, 0.25) is 0 Å². The molecule has 2 amide bonds. The third kappa shape index (κ3) is 6.67. The third-order valence-electron chi connectivity index (χ3n) is 8.49. The Morgan fingerprint density at radius 1 is 0.881 bits per heavy atom. The minimum absolute atomic E-state index is 0.141. The van der Waals surface area contributed by atoms with Crippen LogP contribution in [0.2, 0.25) is 5.02 Å². The summed E-state index contributed by atoms with van der Waals surface area (Å²) in [5.41, 5.74) is -3.08. The van der Waals surface area contributed by atoms with Gasteiger partial charge < -0.3 is 19.8 Å². The molecule has 2 aromatic rings. The molecule has 12 heteroatoms. The average Bonchev–Trinajstić information content (AvgIpc) is 3.00. The summed E-state index contributed by atoms with van der Waals surface area (Å²) in [6.45, 7) is -0.278. The van der Waals surface area contributed by atoms with Crippen LogP contribution in [-0.4, -0.2) is 85.5 Å². The molecule has 0 aromatic heterocycles. The van der Waals surface area contributed by atoms with Crippen molar-refractivity contribution in [2.75, 3.05) is 57.5 Å². The number of rotatable bonds is 9. The van der Waals surface area contributed by atoms with Gasteiger partial charge in [-0.1, -0.05) is 41.9 Å². The number of hydrogen-bond acceptors (Lipinski definition) is 4. The fourth-order valence-corrected chi connectivity index (χ4v) is 6.34. The van der Waals surface area contributed by atoms with E-state index < -0.39 is 42.5 Å². The molecule has 0 bridgehead atoms. The predicted molar refractivity (Wildman–Crippen MR) is 150 cm³/mol. The highest BCUT2D eigenvalue weighted by Gasteiger charge is 2.62. The molecular formula is C30H35ClF5N3O3. The lowest BCUT2D eigenvalue weighted by Gasteiger charge is -2.42. The quantitative estimate of drug-likeness (QED) is 0.372. The van der Waals surface area contributed by atoms with Crippen LogP contribution in [0.3, 0.4) is 0 Å². The highest BCUT2D eigenvalue weighted by Crippen LogP contribution is 2.42. The van der Waals surface area contributed by atoms with E-state index in [0.29, 0.717) is 31.8 Å². The standard InChI is InChI=1S/C30H35ClF5N3O3/c31-26-20-24(6-7-25(26)27(40)38(18-12-32)19-13-33)37-14-8-21(9-15-37)22-10-16-39(17-11-22)28(41)29(42,30(34,35)36)23-4-2-1-3-5-23/h1-7,20-22,42H,8-19H2/t29-/m1/s1. The molecule has 2 saturated heterocycles. The van der Waals surface area contributed by atoms with Gasteiger partial charge in [0.25, 0.3) is 17.4 Å². The normalized spacial score (nSPS) is 18.5. The number of piperidine rings is 2. The molecule has 1 N–H and O–H groups in total. The van der Waals surface area contributed by atoms with Crippen LogP contribution < -0.4 is 4.90 Å². The lowest BCUT2D eigenvalue weighted by atomic mass is 9.78.